The van der Waals surface area contributed by atoms with E-state index in [-0.39, 0.29) is 18.5 Å². The third kappa shape index (κ3) is 4.45. The summed E-state index contributed by atoms with van der Waals surface area (Å²) in [6.45, 7) is 7.13. The van der Waals surface area contributed by atoms with Crippen LogP contribution in [0.1, 0.15) is 25.0 Å². The largest absolute Gasteiger partial charge is 0.352 e. The van der Waals surface area contributed by atoms with Gasteiger partial charge in [0.2, 0.25) is 5.91 Å². The minimum Gasteiger partial charge on any atom is -0.352 e. The molecule has 7 heteroatoms. The first-order valence-electron chi connectivity index (χ1n) is 7.12. The van der Waals surface area contributed by atoms with Crippen molar-refractivity contribution < 1.29 is 13.2 Å². The van der Waals surface area contributed by atoms with Gasteiger partial charge in [-0.05, 0) is 44.9 Å². The first kappa shape index (κ1) is 18.4. The molecule has 0 radical (unpaired) electrons. The number of hydrogen-bond acceptors (Lipinski definition) is 3. The van der Waals surface area contributed by atoms with Crippen LogP contribution in [0.3, 0.4) is 0 Å². The van der Waals surface area contributed by atoms with Gasteiger partial charge in [0.05, 0.1) is 5.69 Å². The summed E-state index contributed by atoms with van der Waals surface area (Å²) in [6, 6.07) is 5.49. The van der Waals surface area contributed by atoms with Crippen molar-refractivity contribution in [2.45, 2.75) is 33.7 Å². The molecule has 0 saturated carbocycles. The van der Waals surface area contributed by atoms with Crippen molar-refractivity contribution in [3.63, 3.8) is 0 Å². The summed E-state index contributed by atoms with van der Waals surface area (Å²) in [7, 11) is -0.852. The third-order valence-electron chi connectivity index (χ3n) is 3.11. The van der Waals surface area contributed by atoms with E-state index in [4.69, 9.17) is 0 Å². The summed E-state index contributed by atoms with van der Waals surface area (Å²) < 4.78 is 27.4. The van der Waals surface area contributed by atoms with Gasteiger partial charge in [0, 0.05) is 20.1 Å². The van der Waals surface area contributed by atoms with Crippen molar-refractivity contribution in [3.05, 3.63) is 29.3 Å². The van der Waals surface area contributed by atoms with Crippen LogP contribution in [0.2, 0.25) is 0 Å². The molecule has 0 atom stereocenters. The maximum Gasteiger partial charge on any atom is 0.304 e. The lowest BCUT2D eigenvalue weighted by molar-refractivity contribution is -0.120. The van der Waals surface area contributed by atoms with E-state index in [2.05, 4.69) is 5.32 Å². The second-order valence-electron chi connectivity index (χ2n) is 5.81. The first-order valence-corrected chi connectivity index (χ1v) is 8.52. The number of nitrogens with one attached hydrogen (secondary N) is 1. The molecule has 0 heterocycles. The second kappa shape index (κ2) is 7.11. The van der Waals surface area contributed by atoms with Crippen LogP contribution in [0.15, 0.2) is 18.2 Å². The molecule has 0 aliphatic heterocycles. The number of amides is 1. The molecule has 1 N–H and O–H groups in total. The fraction of sp³-hybridized carbons (Fsp3) is 0.533. The van der Waals surface area contributed by atoms with Crippen LogP contribution >= 0.6 is 0 Å². The molecule has 0 spiro atoms. The van der Waals surface area contributed by atoms with Crippen LogP contribution in [-0.4, -0.2) is 45.3 Å². The summed E-state index contributed by atoms with van der Waals surface area (Å²) in [5, 5.41) is 2.72. The fourth-order valence-corrected chi connectivity index (χ4v) is 3.09. The maximum atomic E-state index is 12.6. The Morgan fingerprint density at radius 2 is 1.82 bits per heavy atom. The standard InChI is InChI=1S/C15H25N3O3S/c1-11(2)16-15(19)10-18(22(20,21)17(5)6)14-9-12(3)7-8-13(14)4/h7-9,11H,10H2,1-6H3,(H,16,19). The Morgan fingerprint density at radius 1 is 1.23 bits per heavy atom. The second-order valence-corrected chi connectivity index (χ2v) is 7.88. The number of anilines is 1. The molecule has 0 bridgehead atoms. The highest BCUT2D eigenvalue weighted by Crippen LogP contribution is 2.25. The van der Waals surface area contributed by atoms with Gasteiger partial charge in [0.15, 0.2) is 0 Å². The van der Waals surface area contributed by atoms with Gasteiger partial charge in [0.25, 0.3) is 0 Å². The van der Waals surface area contributed by atoms with Crippen LogP contribution in [0.4, 0.5) is 5.69 Å². The van der Waals surface area contributed by atoms with Crippen molar-refractivity contribution in [2.75, 3.05) is 24.9 Å². The molecule has 0 unspecified atom stereocenters. The number of nitrogens with zero attached hydrogens (tertiary/aromatic N) is 2. The molecule has 0 aromatic heterocycles. The Labute approximate surface area is 133 Å². The molecular formula is C15H25N3O3S. The molecule has 1 rings (SSSR count). The molecular weight excluding hydrogens is 302 g/mol. The Hall–Kier alpha value is -1.60. The van der Waals surface area contributed by atoms with Gasteiger partial charge in [0.1, 0.15) is 6.54 Å². The Bertz CT molecular complexity index is 639. The lowest BCUT2D eigenvalue weighted by atomic mass is 10.1. The van der Waals surface area contributed by atoms with Gasteiger partial charge in [-0.3, -0.25) is 4.79 Å². The van der Waals surface area contributed by atoms with E-state index in [0.29, 0.717) is 5.69 Å². The summed E-state index contributed by atoms with van der Waals surface area (Å²) in [6.07, 6.45) is 0. The zero-order valence-electron chi connectivity index (χ0n) is 14.0. The molecule has 124 valence electrons. The van der Waals surface area contributed by atoms with Gasteiger partial charge in [-0.2, -0.15) is 12.7 Å². The minimum atomic E-state index is -3.76. The molecule has 22 heavy (non-hydrogen) atoms. The topological polar surface area (TPSA) is 69.7 Å². The number of carbonyl (C=O) groups is 1. The van der Waals surface area contributed by atoms with Gasteiger partial charge in [-0.25, -0.2) is 4.31 Å². The van der Waals surface area contributed by atoms with E-state index >= 15 is 0 Å². The lowest BCUT2D eigenvalue weighted by Gasteiger charge is -2.28. The van der Waals surface area contributed by atoms with Gasteiger partial charge in [-0.15, -0.1) is 0 Å². The first-order chi connectivity index (χ1) is 10.1. The van der Waals surface area contributed by atoms with Crippen molar-refractivity contribution in [1.82, 2.24) is 9.62 Å². The molecule has 0 aliphatic rings. The predicted octanol–water partition coefficient (Wildman–Crippen LogP) is 1.44. The van der Waals surface area contributed by atoms with Crippen molar-refractivity contribution in [3.8, 4) is 0 Å². The summed E-state index contributed by atoms with van der Waals surface area (Å²) in [5.41, 5.74) is 2.25. The van der Waals surface area contributed by atoms with E-state index in [1.165, 1.54) is 14.1 Å². The Morgan fingerprint density at radius 3 is 2.32 bits per heavy atom. The van der Waals surface area contributed by atoms with Gasteiger partial charge >= 0.3 is 10.2 Å². The molecule has 0 saturated heterocycles. The van der Waals surface area contributed by atoms with E-state index in [9.17, 15) is 13.2 Å². The number of rotatable bonds is 6. The van der Waals surface area contributed by atoms with E-state index in [1.54, 1.807) is 6.07 Å². The highest BCUT2D eigenvalue weighted by atomic mass is 32.2. The molecule has 6 nitrogen and oxygen atoms in total. The van der Waals surface area contributed by atoms with Crippen molar-refractivity contribution in [1.29, 1.82) is 0 Å². The fourth-order valence-electron chi connectivity index (χ4n) is 1.97. The normalized spacial score (nSPS) is 11.8. The minimum absolute atomic E-state index is 0.0463. The van der Waals surface area contributed by atoms with Crippen LogP contribution < -0.4 is 9.62 Å². The monoisotopic (exact) mass is 327 g/mol. The average Bonchev–Trinajstić information content (AvgIpc) is 2.38. The zero-order chi connectivity index (χ0) is 17.1. The molecule has 0 aliphatic carbocycles. The number of benzene rings is 1. The van der Waals surface area contributed by atoms with Crippen LogP contribution in [0.5, 0.6) is 0 Å². The van der Waals surface area contributed by atoms with Crippen molar-refractivity contribution in [2.24, 2.45) is 0 Å². The van der Waals surface area contributed by atoms with Crippen LogP contribution in [-0.2, 0) is 15.0 Å². The Kier molecular flexibility index (Phi) is 5.96. The van der Waals surface area contributed by atoms with E-state index in [1.807, 2.05) is 39.8 Å². The smallest absolute Gasteiger partial charge is 0.304 e. The summed E-state index contributed by atoms with van der Waals surface area (Å²) in [4.78, 5) is 12.1. The maximum absolute atomic E-state index is 12.6. The Balaban J connectivity index is 3.29. The molecule has 1 aromatic carbocycles. The van der Waals surface area contributed by atoms with Crippen molar-refractivity contribution >= 4 is 21.8 Å². The highest BCUT2D eigenvalue weighted by molar-refractivity contribution is 7.90. The lowest BCUT2D eigenvalue weighted by Crippen LogP contribution is -2.47. The quantitative estimate of drug-likeness (QED) is 0.859. The molecule has 0 fully saturated rings. The van der Waals surface area contributed by atoms with Gasteiger partial charge < -0.3 is 5.32 Å². The summed E-state index contributed by atoms with van der Waals surface area (Å²) >= 11 is 0. The molecule has 1 aromatic rings. The SMILES string of the molecule is Cc1ccc(C)c(N(CC(=O)NC(C)C)S(=O)(=O)N(C)C)c1. The highest BCUT2D eigenvalue weighted by Gasteiger charge is 2.28. The van der Waals surface area contributed by atoms with Crippen LogP contribution in [0.25, 0.3) is 0 Å². The zero-order valence-corrected chi connectivity index (χ0v) is 14.9. The molecule has 1 amide bonds. The van der Waals surface area contributed by atoms with E-state index < -0.39 is 10.2 Å². The van der Waals surface area contributed by atoms with Gasteiger partial charge in [-0.1, -0.05) is 12.1 Å². The number of aryl methyl sites for hydroxylation is 2. The third-order valence-corrected chi connectivity index (χ3v) is 4.92. The van der Waals surface area contributed by atoms with E-state index in [0.717, 1.165) is 19.7 Å². The predicted molar refractivity (Wildman–Crippen MR) is 89.1 cm³/mol. The average molecular weight is 327 g/mol. The number of hydrogen-bond donors (Lipinski definition) is 1. The van der Waals surface area contributed by atoms with Crippen LogP contribution in [0, 0.1) is 13.8 Å². The summed E-state index contributed by atoms with van der Waals surface area (Å²) in [5.74, 6) is -0.332. The number of carbonyl (C=O) groups excluding carboxylic acids is 1.